The zero-order valence-electron chi connectivity index (χ0n) is 16.6. The smallest absolute Gasteiger partial charge is 0.255 e. The first-order chi connectivity index (χ1) is 13.7. The number of aromatic nitrogens is 1. The second-order valence-corrected chi connectivity index (χ2v) is 9.04. The quantitative estimate of drug-likeness (QED) is 0.790. The lowest BCUT2D eigenvalue weighted by Gasteiger charge is -2.36. The van der Waals surface area contributed by atoms with E-state index in [1.54, 1.807) is 6.20 Å². The molecule has 1 atom stereocenters. The summed E-state index contributed by atoms with van der Waals surface area (Å²) in [7, 11) is 0. The van der Waals surface area contributed by atoms with Crippen LogP contribution in [0.1, 0.15) is 53.9 Å². The molecule has 2 fully saturated rings. The minimum absolute atomic E-state index is 0.107. The minimum atomic E-state index is 0.107. The summed E-state index contributed by atoms with van der Waals surface area (Å²) in [6.45, 7) is 7.24. The lowest BCUT2D eigenvalue weighted by molar-refractivity contribution is 0.0792. The molecule has 2 aromatic rings. The summed E-state index contributed by atoms with van der Waals surface area (Å²) in [6.07, 6.45) is 6.48. The summed E-state index contributed by atoms with van der Waals surface area (Å²) in [5.41, 5.74) is 0.687. The number of hydrogen-bond donors (Lipinski definition) is 1. The second kappa shape index (κ2) is 9.05. The zero-order chi connectivity index (χ0) is 19.3. The van der Waals surface area contributed by atoms with E-state index in [2.05, 4.69) is 39.6 Å². The molecule has 4 heterocycles. The van der Waals surface area contributed by atoms with E-state index in [9.17, 15) is 4.79 Å². The van der Waals surface area contributed by atoms with Gasteiger partial charge in [-0.05, 0) is 68.3 Å². The Hall–Kier alpha value is -1.92. The van der Waals surface area contributed by atoms with Crippen LogP contribution in [0.2, 0.25) is 0 Å². The molecule has 1 unspecified atom stereocenters. The number of carbonyl (C=O) groups excluding carboxylic acids is 1. The lowest BCUT2D eigenvalue weighted by Crippen LogP contribution is -2.38. The van der Waals surface area contributed by atoms with Gasteiger partial charge in [-0.15, -0.1) is 11.3 Å². The van der Waals surface area contributed by atoms with Gasteiger partial charge in [0.1, 0.15) is 5.82 Å². The van der Waals surface area contributed by atoms with Crippen molar-refractivity contribution in [3.05, 3.63) is 46.3 Å². The van der Waals surface area contributed by atoms with E-state index in [1.165, 1.54) is 17.7 Å². The molecule has 0 spiro atoms. The van der Waals surface area contributed by atoms with Crippen LogP contribution in [0, 0.1) is 5.92 Å². The molecule has 5 nitrogen and oxygen atoms in total. The largest absolute Gasteiger partial charge is 0.368 e. The average molecular weight is 399 g/mol. The Morgan fingerprint density at radius 3 is 2.64 bits per heavy atom. The third-order valence-corrected chi connectivity index (χ3v) is 6.98. The fourth-order valence-electron chi connectivity index (χ4n) is 4.16. The Kier molecular flexibility index (Phi) is 6.27. The highest BCUT2D eigenvalue weighted by Gasteiger charge is 2.25. The molecule has 0 aromatic carbocycles. The van der Waals surface area contributed by atoms with Crippen molar-refractivity contribution in [3.8, 4) is 0 Å². The Morgan fingerprint density at radius 2 is 2.00 bits per heavy atom. The summed E-state index contributed by atoms with van der Waals surface area (Å²) >= 11 is 1.83. The predicted octanol–water partition coefficient (Wildman–Crippen LogP) is 4.26. The van der Waals surface area contributed by atoms with Crippen LogP contribution in [0.5, 0.6) is 0 Å². The zero-order valence-corrected chi connectivity index (χ0v) is 17.5. The highest BCUT2D eigenvalue weighted by Crippen LogP contribution is 2.29. The highest BCUT2D eigenvalue weighted by molar-refractivity contribution is 7.10. The van der Waals surface area contributed by atoms with Gasteiger partial charge < -0.3 is 10.2 Å². The molecule has 2 saturated heterocycles. The van der Waals surface area contributed by atoms with Gasteiger partial charge in [-0.25, -0.2) is 4.98 Å². The van der Waals surface area contributed by atoms with Crippen molar-refractivity contribution in [2.24, 2.45) is 5.92 Å². The maximum atomic E-state index is 12.5. The predicted molar refractivity (Wildman–Crippen MR) is 115 cm³/mol. The molecule has 0 saturated carbocycles. The van der Waals surface area contributed by atoms with Gasteiger partial charge in [-0.1, -0.05) is 13.0 Å². The van der Waals surface area contributed by atoms with Crippen LogP contribution in [0.4, 0.5) is 5.82 Å². The number of nitrogens with zero attached hydrogens (tertiary/aromatic N) is 3. The van der Waals surface area contributed by atoms with E-state index < -0.39 is 0 Å². The van der Waals surface area contributed by atoms with Gasteiger partial charge in [0.25, 0.3) is 5.91 Å². The van der Waals surface area contributed by atoms with Gasteiger partial charge in [0.05, 0.1) is 11.6 Å². The van der Waals surface area contributed by atoms with E-state index in [4.69, 9.17) is 0 Å². The molecule has 28 heavy (non-hydrogen) atoms. The number of nitrogens with one attached hydrogen (secondary N) is 1. The molecule has 1 N–H and O–H groups in total. The molecule has 0 aliphatic carbocycles. The first-order valence-corrected chi connectivity index (χ1v) is 11.4. The standard InChI is InChI=1S/C22H30N4OS/c1-17-8-12-25(13-9-17)19(20-5-4-14-28-20)16-24-21-7-6-18(15-23-21)22(27)26-10-2-3-11-26/h4-7,14-15,17,19H,2-3,8-13,16H2,1H3,(H,23,24). The number of likely N-dealkylation sites (tertiary alicyclic amines) is 2. The third-order valence-electron chi connectivity index (χ3n) is 6.01. The summed E-state index contributed by atoms with van der Waals surface area (Å²) in [6, 6.07) is 8.59. The van der Waals surface area contributed by atoms with Gasteiger partial charge in [0.2, 0.25) is 0 Å². The summed E-state index contributed by atoms with van der Waals surface area (Å²) in [4.78, 5) is 22.9. The molecule has 0 radical (unpaired) electrons. The Bertz CT molecular complexity index is 747. The van der Waals surface area contributed by atoms with E-state index in [-0.39, 0.29) is 5.91 Å². The van der Waals surface area contributed by atoms with Crippen LogP contribution in [0.25, 0.3) is 0 Å². The molecule has 6 heteroatoms. The summed E-state index contributed by atoms with van der Waals surface area (Å²) in [5.74, 6) is 1.77. The lowest BCUT2D eigenvalue weighted by atomic mass is 9.97. The highest BCUT2D eigenvalue weighted by atomic mass is 32.1. The Balaban J connectivity index is 1.39. The van der Waals surface area contributed by atoms with Gasteiger partial charge in [0.15, 0.2) is 0 Å². The number of piperidine rings is 1. The van der Waals surface area contributed by atoms with Crippen molar-refractivity contribution in [2.75, 3.05) is 38.0 Å². The average Bonchev–Trinajstić information content (AvgIpc) is 3.44. The van der Waals surface area contributed by atoms with Gasteiger partial charge in [-0.3, -0.25) is 9.69 Å². The minimum Gasteiger partial charge on any atom is -0.368 e. The number of anilines is 1. The molecule has 150 valence electrons. The van der Waals surface area contributed by atoms with Gasteiger partial charge >= 0.3 is 0 Å². The Morgan fingerprint density at radius 1 is 1.21 bits per heavy atom. The fourth-order valence-corrected chi connectivity index (χ4v) is 5.02. The van der Waals surface area contributed by atoms with Gasteiger partial charge in [-0.2, -0.15) is 0 Å². The van der Waals surface area contributed by atoms with Gasteiger partial charge in [0, 0.05) is 30.7 Å². The number of amides is 1. The number of hydrogen-bond acceptors (Lipinski definition) is 5. The van der Waals surface area contributed by atoms with E-state index in [0.717, 1.165) is 57.3 Å². The number of pyridine rings is 1. The van der Waals surface area contributed by atoms with E-state index in [1.807, 2.05) is 28.4 Å². The summed E-state index contributed by atoms with van der Waals surface area (Å²) in [5, 5.41) is 5.66. The van der Waals surface area contributed by atoms with Crippen molar-refractivity contribution >= 4 is 23.1 Å². The molecule has 2 aromatic heterocycles. The molecule has 1 amide bonds. The Labute approximate surface area is 171 Å². The monoisotopic (exact) mass is 398 g/mol. The van der Waals surface area contributed by atoms with Crippen molar-refractivity contribution in [1.29, 1.82) is 0 Å². The van der Waals surface area contributed by atoms with Crippen LogP contribution in [0.3, 0.4) is 0 Å². The number of thiophene rings is 1. The fraction of sp³-hybridized carbons (Fsp3) is 0.545. The molecular formula is C22H30N4OS. The molecular weight excluding hydrogens is 368 g/mol. The van der Waals surface area contributed by atoms with Crippen LogP contribution in [0.15, 0.2) is 35.8 Å². The first-order valence-electron chi connectivity index (χ1n) is 10.5. The summed E-state index contributed by atoms with van der Waals surface area (Å²) < 4.78 is 0. The SMILES string of the molecule is CC1CCN(C(CNc2ccc(C(=O)N3CCCC3)cn2)c2cccs2)CC1. The van der Waals surface area contributed by atoms with Crippen LogP contribution >= 0.6 is 11.3 Å². The maximum Gasteiger partial charge on any atom is 0.255 e. The van der Waals surface area contributed by atoms with Crippen molar-refractivity contribution in [3.63, 3.8) is 0 Å². The van der Waals surface area contributed by atoms with Crippen LogP contribution in [-0.4, -0.2) is 53.4 Å². The molecule has 2 aliphatic rings. The first kappa shape index (κ1) is 19.4. The maximum absolute atomic E-state index is 12.5. The molecule has 0 bridgehead atoms. The van der Waals surface area contributed by atoms with E-state index in [0.29, 0.717) is 11.6 Å². The van der Waals surface area contributed by atoms with Crippen LogP contribution in [-0.2, 0) is 0 Å². The van der Waals surface area contributed by atoms with E-state index >= 15 is 0 Å². The third kappa shape index (κ3) is 4.55. The van der Waals surface area contributed by atoms with Crippen LogP contribution < -0.4 is 5.32 Å². The molecule has 2 aliphatic heterocycles. The second-order valence-electron chi connectivity index (χ2n) is 8.06. The van der Waals surface area contributed by atoms with Crippen molar-refractivity contribution < 1.29 is 4.79 Å². The topological polar surface area (TPSA) is 48.5 Å². The van der Waals surface area contributed by atoms with Crippen molar-refractivity contribution in [2.45, 2.75) is 38.6 Å². The normalized spacial score (nSPS) is 19.7. The van der Waals surface area contributed by atoms with Crippen molar-refractivity contribution in [1.82, 2.24) is 14.8 Å². The number of rotatable bonds is 6. The number of carbonyl (C=O) groups is 1. The molecule has 4 rings (SSSR count).